The van der Waals surface area contributed by atoms with Gasteiger partial charge in [0, 0.05) is 17.0 Å². The summed E-state index contributed by atoms with van der Waals surface area (Å²) >= 11 is 5.93. The van der Waals surface area contributed by atoms with Gasteiger partial charge in [0.25, 0.3) is 5.91 Å². The van der Waals surface area contributed by atoms with Crippen LogP contribution in [-0.2, 0) is 17.4 Å². The Kier molecular flexibility index (Phi) is 7.64. The highest BCUT2D eigenvalue weighted by atomic mass is 35.5. The van der Waals surface area contributed by atoms with Gasteiger partial charge in [-0.3, -0.25) is 4.79 Å². The minimum atomic E-state index is -4.42. The first-order valence-electron chi connectivity index (χ1n) is 11.3. The van der Waals surface area contributed by atoms with Gasteiger partial charge in [0.1, 0.15) is 6.04 Å². The maximum atomic E-state index is 12.8. The first-order chi connectivity index (χ1) is 17.6. The van der Waals surface area contributed by atoms with Crippen LogP contribution in [0.2, 0.25) is 5.02 Å². The molecule has 4 aromatic rings. The number of halogens is 4. The Morgan fingerprint density at radius 1 is 0.730 bits per heavy atom. The SMILES string of the molecule is O=C(N[C@@H](Cc1ccc(-c2ccc(Cl)cc2)cc1)C(=O)O)c1ccc(-c2ccc(C(F)(F)F)cc2)cc1. The van der Waals surface area contributed by atoms with E-state index in [-0.39, 0.29) is 12.0 Å². The molecule has 4 nitrogen and oxygen atoms in total. The van der Waals surface area contributed by atoms with E-state index in [0.717, 1.165) is 28.8 Å². The molecule has 0 aromatic heterocycles. The van der Waals surface area contributed by atoms with Gasteiger partial charge in [0.05, 0.1) is 5.56 Å². The molecule has 0 aliphatic carbocycles. The van der Waals surface area contributed by atoms with Gasteiger partial charge in [-0.15, -0.1) is 0 Å². The Labute approximate surface area is 216 Å². The summed E-state index contributed by atoms with van der Waals surface area (Å²) in [4.78, 5) is 24.5. The monoisotopic (exact) mass is 523 g/mol. The van der Waals surface area contributed by atoms with E-state index in [1.54, 1.807) is 24.3 Å². The summed E-state index contributed by atoms with van der Waals surface area (Å²) in [5, 5.41) is 12.8. The van der Waals surface area contributed by atoms with E-state index in [1.807, 2.05) is 36.4 Å². The largest absolute Gasteiger partial charge is 0.480 e. The smallest absolute Gasteiger partial charge is 0.416 e. The lowest BCUT2D eigenvalue weighted by molar-refractivity contribution is -0.139. The van der Waals surface area contributed by atoms with Crippen molar-refractivity contribution in [3.8, 4) is 22.3 Å². The number of hydrogen-bond donors (Lipinski definition) is 2. The third-order valence-electron chi connectivity index (χ3n) is 5.87. The number of benzene rings is 4. The summed E-state index contributed by atoms with van der Waals surface area (Å²) in [5.74, 6) is -1.74. The summed E-state index contributed by atoms with van der Waals surface area (Å²) in [6.07, 6.45) is -4.33. The standard InChI is InChI=1S/C29H21ClF3NO3/c30-25-15-11-22(12-16-25)19-3-1-18(2-4-19)17-26(28(36)37)34-27(35)23-7-5-20(6-8-23)21-9-13-24(14-10-21)29(31,32)33/h1-16,26H,17H2,(H,34,35)(H,36,37)/t26-/m0/s1. The second-order valence-electron chi connectivity index (χ2n) is 8.42. The van der Waals surface area contributed by atoms with Gasteiger partial charge in [-0.2, -0.15) is 13.2 Å². The van der Waals surface area contributed by atoms with Gasteiger partial charge in [-0.05, 0) is 64.2 Å². The topological polar surface area (TPSA) is 66.4 Å². The Hall–Kier alpha value is -4.10. The van der Waals surface area contributed by atoms with Crippen molar-refractivity contribution in [2.45, 2.75) is 18.6 Å². The Morgan fingerprint density at radius 2 is 1.16 bits per heavy atom. The third-order valence-corrected chi connectivity index (χ3v) is 6.12. The lowest BCUT2D eigenvalue weighted by Gasteiger charge is -2.15. The van der Waals surface area contributed by atoms with E-state index in [0.29, 0.717) is 16.1 Å². The number of aliphatic carboxylic acids is 1. The van der Waals surface area contributed by atoms with Crippen molar-refractivity contribution in [1.29, 1.82) is 0 Å². The van der Waals surface area contributed by atoms with Gasteiger partial charge in [0.15, 0.2) is 0 Å². The Morgan fingerprint density at radius 3 is 1.62 bits per heavy atom. The highest BCUT2D eigenvalue weighted by molar-refractivity contribution is 6.30. The van der Waals surface area contributed by atoms with E-state index < -0.39 is 29.7 Å². The minimum Gasteiger partial charge on any atom is -0.480 e. The fourth-order valence-corrected chi connectivity index (χ4v) is 3.94. The molecule has 0 saturated carbocycles. The lowest BCUT2D eigenvalue weighted by atomic mass is 10.00. The van der Waals surface area contributed by atoms with Crippen LogP contribution in [0.4, 0.5) is 13.2 Å². The molecule has 0 bridgehead atoms. The van der Waals surface area contributed by atoms with Gasteiger partial charge >= 0.3 is 12.1 Å². The van der Waals surface area contributed by atoms with Gasteiger partial charge in [0.2, 0.25) is 0 Å². The number of alkyl halides is 3. The van der Waals surface area contributed by atoms with Crippen LogP contribution >= 0.6 is 11.6 Å². The number of carbonyl (C=O) groups is 2. The maximum absolute atomic E-state index is 12.8. The predicted molar refractivity (Wildman–Crippen MR) is 136 cm³/mol. The summed E-state index contributed by atoms with van der Waals surface area (Å²) in [5.41, 5.74) is 3.34. The number of carboxylic acids is 1. The molecule has 2 N–H and O–H groups in total. The van der Waals surface area contributed by atoms with Crippen LogP contribution in [0.1, 0.15) is 21.5 Å². The van der Waals surface area contributed by atoms with E-state index in [1.165, 1.54) is 24.3 Å². The highest BCUT2D eigenvalue weighted by Gasteiger charge is 2.30. The van der Waals surface area contributed by atoms with Crippen molar-refractivity contribution in [2.24, 2.45) is 0 Å². The van der Waals surface area contributed by atoms with Crippen LogP contribution in [0.25, 0.3) is 22.3 Å². The number of amides is 1. The van der Waals surface area contributed by atoms with E-state index in [4.69, 9.17) is 11.6 Å². The molecule has 0 heterocycles. The number of carbonyl (C=O) groups excluding carboxylic acids is 1. The minimum absolute atomic E-state index is 0.0889. The third kappa shape index (κ3) is 6.57. The van der Waals surface area contributed by atoms with Crippen LogP contribution in [0, 0.1) is 0 Å². The van der Waals surface area contributed by atoms with Crippen molar-refractivity contribution < 1.29 is 27.9 Å². The van der Waals surface area contributed by atoms with Crippen molar-refractivity contribution in [3.63, 3.8) is 0 Å². The summed E-state index contributed by atoms with van der Waals surface area (Å²) < 4.78 is 38.3. The van der Waals surface area contributed by atoms with Crippen LogP contribution in [0.3, 0.4) is 0 Å². The molecular formula is C29H21ClF3NO3. The molecule has 0 aliphatic rings. The zero-order chi connectivity index (χ0) is 26.6. The second-order valence-corrected chi connectivity index (χ2v) is 8.86. The molecule has 0 unspecified atom stereocenters. The Balaban J connectivity index is 1.41. The maximum Gasteiger partial charge on any atom is 0.416 e. The summed E-state index contributed by atoms with van der Waals surface area (Å²) in [6, 6.07) is 24.5. The molecule has 0 radical (unpaired) electrons. The van der Waals surface area contributed by atoms with Crippen molar-refractivity contribution in [2.75, 3.05) is 0 Å². The number of nitrogens with one attached hydrogen (secondary N) is 1. The molecule has 4 aromatic carbocycles. The van der Waals surface area contributed by atoms with Gasteiger partial charge in [-0.1, -0.05) is 72.3 Å². The van der Waals surface area contributed by atoms with Crippen LogP contribution < -0.4 is 5.32 Å². The summed E-state index contributed by atoms with van der Waals surface area (Å²) in [7, 11) is 0. The van der Waals surface area contributed by atoms with Crippen molar-refractivity contribution in [3.05, 3.63) is 119 Å². The quantitative estimate of drug-likeness (QED) is 0.271. The molecular weight excluding hydrogens is 503 g/mol. The highest BCUT2D eigenvalue weighted by Crippen LogP contribution is 2.31. The molecule has 0 fully saturated rings. The molecule has 4 rings (SSSR count). The van der Waals surface area contributed by atoms with E-state index in [9.17, 15) is 27.9 Å². The molecule has 8 heteroatoms. The van der Waals surface area contributed by atoms with E-state index >= 15 is 0 Å². The van der Waals surface area contributed by atoms with Gasteiger partial charge < -0.3 is 10.4 Å². The average Bonchev–Trinajstić information content (AvgIpc) is 2.89. The predicted octanol–water partition coefficient (Wildman–Crippen LogP) is 7.12. The molecule has 0 spiro atoms. The van der Waals surface area contributed by atoms with Crippen LogP contribution in [-0.4, -0.2) is 23.0 Å². The molecule has 1 amide bonds. The van der Waals surface area contributed by atoms with Crippen LogP contribution in [0.15, 0.2) is 97.1 Å². The van der Waals surface area contributed by atoms with E-state index in [2.05, 4.69) is 5.32 Å². The molecule has 37 heavy (non-hydrogen) atoms. The first kappa shape index (κ1) is 26.0. The second kappa shape index (κ2) is 10.9. The lowest BCUT2D eigenvalue weighted by Crippen LogP contribution is -2.42. The van der Waals surface area contributed by atoms with Crippen LogP contribution in [0.5, 0.6) is 0 Å². The zero-order valence-corrected chi connectivity index (χ0v) is 20.1. The molecule has 0 saturated heterocycles. The zero-order valence-electron chi connectivity index (χ0n) is 19.3. The molecule has 188 valence electrons. The van der Waals surface area contributed by atoms with Gasteiger partial charge in [-0.25, -0.2) is 4.79 Å². The van der Waals surface area contributed by atoms with Crippen molar-refractivity contribution >= 4 is 23.5 Å². The number of carboxylic acid groups (broad SMARTS) is 1. The average molecular weight is 524 g/mol. The van der Waals surface area contributed by atoms with Crippen molar-refractivity contribution in [1.82, 2.24) is 5.32 Å². The Bertz CT molecular complexity index is 1380. The normalized spacial score (nSPS) is 12.1. The fraction of sp³-hybridized carbons (Fsp3) is 0.103. The summed E-state index contributed by atoms with van der Waals surface area (Å²) in [6.45, 7) is 0. The molecule has 0 aliphatic heterocycles. The molecule has 1 atom stereocenters. The number of hydrogen-bond acceptors (Lipinski definition) is 2. The fourth-order valence-electron chi connectivity index (χ4n) is 3.82. The first-order valence-corrected chi connectivity index (χ1v) is 11.6. The number of rotatable bonds is 7.